The highest BCUT2D eigenvalue weighted by atomic mass is 16.5. The minimum atomic E-state index is -0.603. The van der Waals surface area contributed by atoms with Gasteiger partial charge in [0.05, 0.1) is 19.8 Å². The Kier molecular flexibility index (Phi) is 6.57. The van der Waals surface area contributed by atoms with Crippen LogP contribution in [0, 0.1) is 12.0 Å². The topological polar surface area (TPSA) is 77.0 Å². The number of methoxy groups -OCH3 is 1. The Morgan fingerprint density at radius 2 is 2.33 bits per heavy atom. The van der Waals surface area contributed by atoms with Crippen LogP contribution in [0.5, 0.6) is 0 Å². The summed E-state index contributed by atoms with van der Waals surface area (Å²) in [6.45, 7) is 5.75. The first-order chi connectivity index (χ1) is 10.1. The van der Waals surface area contributed by atoms with Crippen molar-refractivity contribution in [3.8, 4) is 0 Å². The molecule has 0 aliphatic heterocycles. The summed E-state index contributed by atoms with van der Waals surface area (Å²) in [6, 6.07) is 0. The van der Waals surface area contributed by atoms with Gasteiger partial charge in [-0.3, -0.25) is 5.43 Å². The third-order valence-electron chi connectivity index (χ3n) is 2.52. The molecule has 0 radical (unpaired) electrons. The molecule has 0 aromatic carbocycles. The van der Waals surface area contributed by atoms with Crippen molar-refractivity contribution in [1.29, 1.82) is 0 Å². The lowest BCUT2D eigenvalue weighted by Crippen LogP contribution is -2.18. The molecule has 1 unspecified atom stereocenters. The van der Waals surface area contributed by atoms with Crippen molar-refractivity contribution in [2.45, 2.75) is 6.92 Å². The second kappa shape index (κ2) is 8.45. The average Bonchev–Trinajstić information content (AvgIpc) is 2.52. The number of hydrogen-bond donors (Lipinski definition) is 1. The second-order valence-electron chi connectivity index (χ2n) is 4.18. The highest BCUT2D eigenvalue weighted by Crippen LogP contribution is 2.13. The standard InChI is InChI=1S/C15H16N2O4/c1-4-11(2)10-21-15(19)12-7-5-6-8-13(12)17-16-9-14(18)20-3/h4,6-9,11H,1,10H2,2-3H3/p+1. The molecule has 1 rings (SSSR count). The zero-order chi connectivity index (χ0) is 15.7. The molecule has 1 aliphatic rings. The molecule has 0 heterocycles. The van der Waals surface area contributed by atoms with E-state index in [9.17, 15) is 9.59 Å². The maximum Gasteiger partial charge on any atom is 0.399 e. The van der Waals surface area contributed by atoms with Crippen LogP contribution in [0.25, 0.3) is 0 Å². The minimum absolute atomic E-state index is 0.0652. The van der Waals surface area contributed by atoms with E-state index in [1.807, 2.05) is 6.92 Å². The summed E-state index contributed by atoms with van der Waals surface area (Å²) >= 11 is 0. The fourth-order valence-electron chi connectivity index (χ4n) is 1.26. The second-order valence-corrected chi connectivity index (χ2v) is 4.18. The molecule has 0 spiro atoms. The highest BCUT2D eigenvalue weighted by molar-refractivity contribution is 6.23. The van der Waals surface area contributed by atoms with E-state index in [1.165, 1.54) is 13.2 Å². The van der Waals surface area contributed by atoms with Crippen molar-refractivity contribution in [1.82, 2.24) is 5.43 Å². The molecule has 0 fully saturated rings. The summed E-state index contributed by atoms with van der Waals surface area (Å²) in [4.78, 5) is 22.9. The SMILES string of the molecule is C=CC(C)COC(=O)C1=C(NN=CC(=O)OC)C=C[C+]=C1. The third-order valence-corrected chi connectivity index (χ3v) is 2.52. The van der Waals surface area contributed by atoms with Gasteiger partial charge in [0.1, 0.15) is 18.4 Å². The van der Waals surface area contributed by atoms with Crippen LogP contribution >= 0.6 is 0 Å². The van der Waals surface area contributed by atoms with Gasteiger partial charge in [0.2, 0.25) is 0 Å². The van der Waals surface area contributed by atoms with Gasteiger partial charge in [-0.1, -0.05) is 13.0 Å². The van der Waals surface area contributed by atoms with Gasteiger partial charge in [-0.05, 0) is 0 Å². The number of rotatable bonds is 7. The molecule has 6 heteroatoms. The number of ether oxygens (including phenoxy) is 2. The summed E-state index contributed by atoms with van der Waals surface area (Å²) in [6.07, 6.45) is 10.1. The molecule has 6 nitrogen and oxygen atoms in total. The summed E-state index contributed by atoms with van der Waals surface area (Å²) in [5.41, 5.74) is 3.27. The molecular weight excluding hydrogens is 272 g/mol. The van der Waals surface area contributed by atoms with E-state index in [4.69, 9.17) is 4.74 Å². The molecule has 110 valence electrons. The number of allylic oxidation sites excluding steroid dienone is 3. The zero-order valence-corrected chi connectivity index (χ0v) is 12.0. The molecule has 0 amide bonds. The predicted molar refractivity (Wildman–Crippen MR) is 77.9 cm³/mol. The van der Waals surface area contributed by atoms with Gasteiger partial charge in [0.15, 0.2) is 11.3 Å². The average molecular weight is 289 g/mol. The lowest BCUT2D eigenvalue weighted by molar-refractivity contribution is -0.139. The van der Waals surface area contributed by atoms with Crippen molar-refractivity contribution >= 4 is 18.2 Å². The number of esters is 2. The van der Waals surface area contributed by atoms with Crippen LogP contribution in [0.4, 0.5) is 0 Å². The molecule has 0 aromatic heterocycles. The number of nitrogens with zero attached hydrogens (tertiary/aromatic N) is 1. The first kappa shape index (κ1) is 16.3. The van der Waals surface area contributed by atoms with E-state index in [0.717, 1.165) is 6.21 Å². The quantitative estimate of drug-likeness (QED) is 0.251. The summed E-state index contributed by atoms with van der Waals surface area (Å²) in [7, 11) is 1.25. The van der Waals surface area contributed by atoms with Gasteiger partial charge in [0.25, 0.3) is 0 Å². The van der Waals surface area contributed by atoms with Gasteiger partial charge >= 0.3 is 11.9 Å². The Morgan fingerprint density at radius 3 is 3.00 bits per heavy atom. The number of carbonyl (C=O) groups excluding carboxylic acids is 2. The molecule has 0 aromatic rings. The molecule has 0 bridgehead atoms. The Balaban J connectivity index is 2.74. The van der Waals surface area contributed by atoms with Gasteiger partial charge < -0.3 is 9.47 Å². The van der Waals surface area contributed by atoms with Gasteiger partial charge in [-0.2, -0.15) is 5.10 Å². The predicted octanol–water partition coefficient (Wildman–Crippen LogP) is 1.28. The first-order valence-corrected chi connectivity index (χ1v) is 6.25. The molecular formula is C15H17N2O4+. The molecule has 21 heavy (non-hydrogen) atoms. The molecule has 0 saturated carbocycles. The highest BCUT2D eigenvalue weighted by Gasteiger charge is 2.23. The largest absolute Gasteiger partial charge is 0.465 e. The van der Waals surface area contributed by atoms with E-state index < -0.39 is 11.9 Å². The van der Waals surface area contributed by atoms with Crippen molar-refractivity contribution in [3.63, 3.8) is 0 Å². The Morgan fingerprint density at radius 1 is 1.57 bits per heavy atom. The Bertz CT molecular complexity index is 530. The van der Waals surface area contributed by atoms with E-state index in [-0.39, 0.29) is 18.1 Å². The maximum atomic E-state index is 12.0. The fraction of sp³-hybridized carbons (Fsp3) is 0.267. The van der Waals surface area contributed by atoms with Crippen molar-refractivity contribution in [2.24, 2.45) is 11.0 Å². The van der Waals surface area contributed by atoms with Crippen LogP contribution in [0.3, 0.4) is 0 Å². The minimum Gasteiger partial charge on any atom is -0.465 e. The van der Waals surface area contributed by atoms with Crippen LogP contribution in [-0.4, -0.2) is 31.9 Å². The van der Waals surface area contributed by atoms with Crippen LogP contribution < -0.4 is 5.43 Å². The number of hydrogen-bond acceptors (Lipinski definition) is 6. The zero-order valence-electron chi connectivity index (χ0n) is 12.0. The number of nitrogens with one attached hydrogen (secondary N) is 1. The van der Waals surface area contributed by atoms with E-state index in [0.29, 0.717) is 5.70 Å². The summed E-state index contributed by atoms with van der Waals surface area (Å²) in [5.74, 6) is -1.04. The summed E-state index contributed by atoms with van der Waals surface area (Å²) < 4.78 is 9.56. The normalized spacial score (nSPS) is 14.6. The first-order valence-electron chi connectivity index (χ1n) is 6.25. The lowest BCUT2D eigenvalue weighted by Gasteiger charge is -2.07. The molecule has 1 aliphatic carbocycles. The Hall–Kier alpha value is -2.72. The third kappa shape index (κ3) is 5.42. The van der Waals surface area contributed by atoms with Crippen LogP contribution in [0.2, 0.25) is 0 Å². The fourth-order valence-corrected chi connectivity index (χ4v) is 1.26. The number of carbonyl (C=O) groups is 2. The Labute approximate surface area is 123 Å². The van der Waals surface area contributed by atoms with Gasteiger partial charge in [-0.15, -0.1) is 6.58 Å². The van der Waals surface area contributed by atoms with Gasteiger partial charge in [0, 0.05) is 12.0 Å². The number of hydrazone groups is 1. The molecule has 1 N–H and O–H groups in total. The maximum absolute atomic E-state index is 12.0. The van der Waals surface area contributed by atoms with Crippen molar-refractivity contribution < 1.29 is 19.1 Å². The van der Waals surface area contributed by atoms with Crippen LogP contribution in [0.1, 0.15) is 6.92 Å². The van der Waals surface area contributed by atoms with Gasteiger partial charge in [-0.25, -0.2) is 9.59 Å². The van der Waals surface area contributed by atoms with E-state index in [1.54, 1.807) is 18.2 Å². The molecule has 1 atom stereocenters. The van der Waals surface area contributed by atoms with Crippen LogP contribution in [0.15, 0.2) is 47.3 Å². The van der Waals surface area contributed by atoms with E-state index in [2.05, 4.69) is 27.9 Å². The summed E-state index contributed by atoms with van der Waals surface area (Å²) in [5, 5.41) is 3.68. The lowest BCUT2D eigenvalue weighted by atomic mass is 10.1. The van der Waals surface area contributed by atoms with Crippen molar-refractivity contribution in [2.75, 3.05) is 13.7 Å². The monoisotopic (exact) mass is 289 g/mol. The smallest absolute Gasteiger partial charge is 0.399 e. The molecule has 0 saturated heterocycles. The van der Waals surface area contributed by atoms with Crippen molar-refractivity contribution in [3.05, 3.63) is 48.2 Å². The van der Waals surface area contributed by atoms with E-state index >= 15 is 0 Å². The van der Waals surface area contributed by atoms with Crippen LogP contribution in [-0.2, 0) is 19.1 Å².